The third kappa shape index (κ3) is 5.82. The Balaban J connectivity index is 1.12. The van der Waals surface area contributed by atoms with Crippen LogP contribution in [0.4, 0.5) is 11.8 Å². The van der Waals surface area contributed by atoms with Crippen LogP contribution in [0.1, 0.15) is 83.8 Å². The van der Waals surface area contributed by atoms with Gasteiger partial charge in [0.15, 0.2) is 0 Å². The molecule has 0 amide bonds. The summed E-state index contributed by atoms with van der Waals surface area (Å²) in [4.78, 5) is 9.08. The summed E-state index contributed by atoms with van der Waals surface area (Å²) < 4.78 is 0. The van der Waals surface area contributed by atoms with Crippen molar-refractivity contribution in [1.29, 1.82) is 5.26 Å². The Kier molecular flexibility index (Phi) is 7.26. The molecule has 7 rings (SSSR count). The topological polar surface area (TPSA) is 97.7 Å². The first kappa shape index (κ1) is 27.8. The molecule has 7 nitrogen and oxygen atoms in total. The molecule has 5 fully saturated rings. The van der Waals surface area contributed by atoms with E-state index >= 15 is 0 Å². The first-order valence-electron chi connectivity index (χ1n) is 15.1. The zero-order valence-electron chi connectivity index (χ0n) is 24.4. The van der Waals surface area contributed by atoms with E-state index in [1.165, 1.54) is 44.9 Å². The van der Waals surface area contributed by atoms with Gasteiger partial charge in [-0.25, -0.2) is 4.98 Å². The molecule has 3 unspecified atom stereocenters. The fraction of sp³-hybridized carbons (Fsp3) is 0.656. The van der Waals surface area contributed by atoms with Gasteiger partial charge in [-0.1, -0.05) is 29.8 Å². The molecule has 2 aromatic rings. The van der Waals surface area contributed by atoms with Crippen LogP contribution in [-0.4, -0.2) is 39.7 Å². The number of hydrogen-bond donors (Lipinski definition) is 4. The van der Waals surface area contributed by atoms with Gasteiger partial charge in [0.1, 0.15) is 17.5 Å². The molecule has 5 atom stereocenters. The van der Waals surface area contributed by atoms with Crippen molar-refractivity contribution < 1.29 is 0 Å². The lowest BCUT2D eigenvalue weighted by Gasteiger charge is -2.61. The highest BCUT2D eigenvalue weighted by Gasteiger charge is 2.55. The Morgan fingerprint density at radius 2 is 1.70 bits per heavy atom. The average Bonchev–Trinajstić information content (AvgIpc) is 2.87. The van der Waals surface area contributed by atoms with E-state index in [1.807, 2.05) is 24.3 Å². The van der Waals surface area contributed by atoms with Crippen molar-refractivity contribution in [2.75, 3.05) is 17.2 Å². The van der Waals surface area contributed by atoms with E-state index in [0.717, 1.165) is 29.9 Å². The lowest BCUT2D eigenvalue weighted by molar-refractivity contribution is -0.0749. The monoisotopic (exact) mass is 561 g/mol. The number of nitrogens with one attached hydrogen (secondary N) is 4. The van der Waals surface area contributed by atoms with Gasteiger partial charge in [0, 0.05) is 41.3 Å². The van der Waals surface area contributed by atoms with E-state index in [2.05, 4.69) is 60.0 Å². The van der Waals surface area contributed by atoms with Crippen molar-refractivity contribution in [2.24, 2.45) is 23.2 Å². The molecule has 1 aromatic carbocycles. The fourth-order valence-corrected chi connectivity index (χ4v) is 9.37. The maximum atomic E-state index is 9.76. The summed E-state index contributed by atoms with van der Waals surface area (Å²) in [7, 11) is 0. The summed E-state index contributed by atoms with van der Waals surface area (Å²) in [5.74, 6) is 3.44. The second-order valence-electron chi connectivity index (χ2n) is 14.5. The Hall–Kier alpha value is -2.40. The van der Waals surface area contributed by atoms with Crippen molar-refractivity contribution in [3.05, 3.63) is 46.6 Å². The van der Waals surface area contributed by atoms with Crippen molar-refractivity contribution in [3.63, 3.8) is 0 Å². The molecular weight excluding hydrogens is 518 g/mol. The second kappa shape index (κ2) is 10.5. The number of halogens is 1. The molecule has 4 N–H and O–H groups in total. The van der Waals surface area contributed by atoms with Crippen molar-refractivity contribution in [2.45, 2.75) is 102 Å². The van der Waals surface area contributed by atoms with Crippen LogP contribution in [0.3, 0.4) is 0 Å². The second-order valence-corrected chi connectivity index (χ2v) is 14.9. The number of aromatic nitrogens is 2. The summed E-state index contributed by atoms with van der Waals surface area (Å²) in [6.45, 7) is 10.8. The molecule has 4 aliphatic carbocycles. The highest BCUT2D eigenvalue weighted by Crippen LogP contribution is 2.60. The van der Waals surface area contributed by atoms with E-state index in [9.17, 15) is 5.26 Å². The smallest absolute Gasteiger partial charge is 0.224 e. The van der Waals surface area contributed by atoms with Gasteiger partial charge in [-0.3, -0.25) is 0 Å². The number of rotatable bonds is 8. The predicted octanol–water partition coefficient (Wildman–Crippen LogP) is 6.12. The minimum absolute atomic E-state index is 0.160. The molecule has 5 aliphatic rings. The predicted molar refractivity (Wildman–Crippen MR) is 161 cm³/mol. The zero-order chi connectivity index (χ0) is 28.1. The third-order valence-electron chi connectivity index (χ3n) is 9.95. The van der Waals surface area contributed by atoms with Crippen molar-refractivity contribution in [1.82, 2.24) is 20.6 Å². The van der Waals surface area contributed by atoms with Gasteiger partial charge in [-0.2, -0.15) is 10.2 Å². The molecular formula is C32H44ClN7. The Morgan fingerprint density at radius 1 is 1.00 bits per heavy atom. The number of anilines is 2. The summed E-state index contributed by atoms with van der Waals surface area (Å²) in [6.07, 6.45) is 10.5. The van der Waals surface area contributed by atoms with Crippen LogP contribution in [0.5, 0.6) is 0 Å². The van der Waals surface area contributed by atoms with Crippen LogP contribution in [0.25, 0.3) is 0 Å². The molecule has 214 valence electrons. The highest BCUT2D eigenvalue weighted by atomic mass is 35.5. The maximum Gasteiger partial charge on any atom is 0.224 e. The highest BCUT2D eigenvalue weighted by molar-refractivity contribution is 6.31. The summed E-state index contributed by atoms with van der Waals surface area (Å²) in [6, 6.07) is 11.2. The van der Waals surface area contributed by atoms with Crippen LogP contribution in [0.15, 0.2) is 30.5 Å². The van der Waals surface area contributed by atoms with Crippen molar-refractivity contribution >= 4 is 23.4 Å². The molecule has 1 aliphatic heterocycles. The number of nitrogens with zero attached hydrogens (tertiary/aromatic N) is 3. The minimum atomic E-state index is 0.160. The zero-order valence-corrected chi connectivity index (χ0v) is 25.1. The summed E-state index contributed by atoms with van der Waals surface area (Å²) >= 11 is 6.32. The standard InChI is InChI=1S/C32H44ClN7/c1-30(2)14-25(15-31(3,4)40-30)38-27-22-9-20-10-23(27)13-32(11-20,12-22)19-37-28-24(16-34)18-36-29(39-28)35-17-21-7-5-6-8-26(21)33/h5-8,18,20,22-23,25,27,38,40H,9-15,17,19H2,1-4H3,(H2,35,36,37,39)/t20?,22-,23+,27?,32?. The SMILES string of the molecule is CC1(C)CC(NC2[C@@H]3CC4C[C@H]2CC(CNc2nc(NCc5ccccc5Cl)ncc2C#N)(C4)C3)CC(C)(C)N1. The van der Waals surface area contributed by atoms with Gasteiger partial charge in [-0.15, -0.1) is 0 Å². The molecule has 1 saturated heterocycles. The van der Waals surface area contributed by atoms with Gasteiger partial charge < -0.3 is 21.3 Å². The lowest BCUT2D eigenvalue weighted by atomic mass is 9.47. The quantitative estimate of drug-likeness (QED) is 0.308. The fourth-order valence-electron chi connectivity index (χ4n) is 9.16. The Labute approximate surface area is 244 Å². The molecule has 4 saturated carbocycles. The van der Waals surface area contributed by atoms with E-state index in [-0.39, 0.29) is 16.5 Å². The maximum absolute atomic E-state index is 9.76. The van der Waals surface area contributed by atoms with Crippen LogP contribution >= 0.6 is 11.6 Å². The van der Waals surface area contributed by atoms with E-state index < -0.39 is 0 Å². The summed E-state index contributed by atoms with van der Waals surface area (Å²) in [5, 5.41) is 25.4. The van der Waals surface area contributed by atoms with E-state index in [0.29, 0.717) is 41.0 Å². The number of benzene rings is 1. The normalized spacial score (nSPS) is 32.0. The largest absolute Gasteiger partial charge is 0.368 e. The minimum Gasteiger partial charge on any atom is -0.368 e. The van der Waals surface area contributed by atoms with E-state index in [4.69, 9.17) is 16.6 Å². The average molecular weight is 562 g/mol. The van der Waals surface area contributed by atoms with Gasteiger partial charge in [0.2, 0.25) is 5.95 Å². The van der Waals surface area contributed by atoms with Crippen LogP contribution < -0.4 is 21.3 Å². The Morgan fingerprint density at radius 3 is 2.38 bits per heavy atom. The van der Waals surface area contributed by atoms with Crippen LogP contribution in [0.2, 0.25) is 5.02 Å². The molecule has 8 heteroatoms. The molecule has 40 heavy (non-hydrogen) atoms. The summed E-state index contributed by atoms with van der Waals surface area (Å²) in [5.41, 5.74) is 2.08. The molecule has 0 spiro atoms. The molecule has 2 heterocycles. The van der Waals surface area contributed by atoms with Gasteiger partial charge in [-0.05, 0) is 107 Å². The lowest BCUT2D eigenvalue weighted by Crippen LogP contribution is -2.66. The van der Waals surface area contributed by atoms with E-state index in [1.54, 1.807) is 6.20 Å². The molecule has 0 radical (unpaired) electrons. The van der Waals surface area contributed by atoms with Gasteiger partial charge in [0.25, 0.3) is 0 Å². The first-order chi connectivity index (χ1) is 19.0. The molecule has 1 aromatic heterocycles. The van der Waals surface area contributed by atoms with Crippen molar-refractivity contribution in [3.8, 4) is 6.07 Å². The first-order valence-corrected chi connectivity index (χ1v) is 15.4. The van der Waals surface area contributed by atoms with Gasteiger partial charge in [0.05, 0.1) is 6.20 Å². The van der Waals surface area contributed by atoms with Crippen LogP contribution in [0, 0.1) is 34.5 Å². The number of nitriles is 1. The van der Waals surface area contributed by atoms with Crippen LogP contribution in [-0.2, 0) is 6.54 Å². The molecule has 4 bridgehead atoms. The van der Waals surface area contributed by atoms with Gasteiger partial charge >= 0.3 is 0 Å². The Bertz CT molecular complexity index is 1250. The third-order valence-corrected chi connectivity index (χ3v) is 10.3. The number of piperidine rings is 1. The number of hydrogen-bond acceptors (Lipinski definition) is 7.